The van der Waals surface area contributed by atoms with Gasteiger partial charge in [-0.1, -0.05) is 24.1 Å². The highest BCUT2D eigenvalue weighted by atomic mass is 16.1. The summed E-state index contributed by atoms with van der Waals surface area (Å²) in [7, 11) is 1.98. The molecule has 2 aromatic rings. The van der Waals surface area contributed by atoms with Crippen molar-refractivity contribution in [3.8, 4) is 0 Å². The number of nitrogens with zero attached hydrogens (tertiary/aromatic N) is 2. The Bertz CT molecular complexity index is 676. The Morgan fingerprint density at radius 1 is 1.29 bits per heavy atom. The van der Waals surface area contributed by atoms with Gasteiger partial charge in [-0.2, -0.15) is 0 Å². The monoisotopic (exact) mass is 283 g/mol. The van der Waals surface area contributed by atoms with E-state index in [-0.39, 0.29) is 5.91 Å². The van der Waals surface area contributed by atoms with Crippen LogP contribution < -0.4 is 5.32 Å². The van der Waals surface area contributed by atoms with Crippen molar-refractivity contribution < 1.29 is 4.79 Å². The van der Waals surface area contributed by atoms with Crippen LogP contribution in [-0.2, 0) is 18.4 Å². The number of carbonyl (C=O) groups is 1. The van der Waals surface area contributed by atoms with Crippen molar-refractivity contribution in [2.75, 3.05) is 0 Å². The van der Waals surface area contributed by atoms with Gasteiger partial charge >= 0.3 is 0 Å². The molecule has 1 fully saturated rings. The Hall–Kier alpha value is -2.10. The summed E-state index contributed by atoms with van der Waals surface area (Å²) in [5.74, 6) is 0.880. The molecule has 1 heterocycles. The van der Waals surface area contributed by atoms with E-state index in [1.165, 1.54) is 24.8 Å². The van der Waals surface area contributed by atoms with Crippen molar-refractivity contribution in [2.24, 2.45) is 7.05 Å². The molecule has 4 nitrogen and oxygen atoms in total. The maximum absolute atomic E-state index is 12.0. The molecule has 0 bridgehead atoms. The highest BCUT2D eigenvalue weighted by molar-refractivity contribution is 5.88. The number of imidazole rings is 1. The molecule has 0 spiro atoms. The number of para-hydroxylation sites is 2. The zero-order valence-corrected chi connectivity index (χ0v) is 12.4. The number of hydrogen-bond donors (Lipinski definition) is 1. The average molecular weight is 283 g/mol. The van der Waals surface area contributed by atoms with Gasteiger partial charge in [0, 0.05) is 13.1 Å². The van der Waals surface area contributed by atoms with Gasteiger partial charge in [0.15, 0.2) is 0 Å². The second-order valence-corrected chi connectivity index (χ2v) is 5.66. The van der Waals surface area contributed by atoms with E-state index >= 15 is 0 Å². The Kier molecular flexibility index (Phi) is 4.04. The number of aromatic nitrogens is 2. The zero-order chi connectivity index (χ0) is 14.7. The molecule has 1 aliphatic rings. The Balaban J connectivity index is 1.66. The summed E-state index contributed by atoms with van der Waals surface area (Å²) < 4.78 is 2.03. The van der Waals surface area contributed by atoms with Crippen LogP contribution in [-0.4, -0.2) is 15.5 Å². The number of rotatable bonds is 3. The largest absolute Gasteiger partial charge is 0.345 e. The lowest BCUT2D eigenvalue weighted by Crippen LogP contribution is -2.23. The van der Waals surface area contributed by atoms with E-state index in [1.807, 2.05) is 35.9 Å². The van der Waals surface area contributed by atoms with Crippen molar-refractivity contribution in [3.63, 3.8) is 0 Å². The molecule has 1 aliphatic carbocycles. The first-order valence-corrected chi connectivity index (χ1v) is 7.61. The van der Waals surface area contributed by atoms with Gasteiger partial charge < -0.3 is 9.88 Å². The number of hydrogen-bond acceptors (Lipinski definition) is 2. The Labute approximate surface area is 124 Å². The molecule has 0 unspecified atom stereocenters. The molecule has 110 valence electrons. The third-order valence-corrected chi connectivity index (χ3v) is 4.13. The molecule has 1 aromatic heterocycles. The van der Waals surface area contributed by atoms with Crippen LogP contribution in [0.15, 0.2) is 35.9 Å². The Morgan fingerprint density at radius 2 is 2.05 bits per heavy atom. The van der Waals surface area contributed by atoms with Gasteiger partial charge in [-0.15, -0.1) is 0 Å². The van der Waals surface area contributed by atoms with Crippen LogP contribution >= 0.6 is 0 Å². The quantitative estimate of drug-likeness (QED) is 0.880. The number of benzene rings is 1. The summed E-state index contributed by atoms with van der Waals surface area (Å²) in [5, 5.41) is 2.95. The van der Waals surface area contributed by atoms with Crippen molar-refractivity contribution in [1.29, 1.82) is 0 Å². The summed E-state index contributed by atoms with van der Waals surface area (Å²) in [5.41, 5.74) is 3.34. The second-order valence-electron chi connectivity index (χ2n) is 5.66. The summed E-state index contributed by atoms with van der Waals surface area (Å²) in [6.07, 6.45) is 7.63. The van der Waals surface area contributed by atoms with Crippen molar-refractivity contribution >= 4 is 16.9 Å². The molecule has 0 aliphatic heterocycles. The van der Waals surface area contributed by atoms with Gasteiger partial charge in [0.05, 0.1) is 17.6 Å². The minimum absolute atomic E-state index is 0.000967. The van der Waals surface area contributed by atoms with Crippen molar-refractivity contribution in [2.45, 2.75) is 38.6 Å². The third-order valence-electron chi connectivity index (χ3n) is 4.13. The SMILES string of the molecule is Cn1c(CNC(=O)C=C2CCCCC2)nc2ccccc21. The number of amides is 1. The van der Waals surface area contributed by atoms with Gasteiger partial charge in [0.25, 0.3) is 0 Å². The van der Waals surface area contributed by atoms with E-state index in [2.05, 4.69) is 10.3 Å². The van der Waals surface area contributed by atoms with Crippen molar-refractivity contribution in [1.82, 2.24) is 14.9 Å². The summed E-state index contributed by atoms with van der Waals surface area (Å²) in [6, 6.07) is 8.01. The lowest BCUT2D eigenvalue weighted by atomic mass is 9.95. The molecule has 1 aromatic carbocycles. The van der Waals surface area contributed by atoms with Crippen LogP contribution in [0.2, 0.25) is 0 Å². The number of aryl methyl sites for hydroxylation is 1. The molecule has 1 amide bonds. The molecule has 21 heavy (non-hydrogen) atoms. The molecule has 4 heteroatoms. The number of allylic oxidation sites excluding steroid dienone is 1. The zero-order valence-electron chi connectivity index (χ0n) is 12.4. The average Bonchev–Trinajstić information content (AvgIpc) is 2.83. The second kappa shape index (κ2) is 6.12. The maximum atomic E-state index is 12.0. The number of carbonyl (C=O) groups excluding carboxylic acids is 1. The van der Waals surface area contributed by atoms with Crippen LogP contribution in [0.5, 0.6) is 0 Å². The van der Waals surface area contributed by atoms with E-state index in [1.54, 1.807) is 6.08 Å². The molecule has 1 N–H and O–H groups in total. The smallest absolute Gasteiger partial charge is 0.244 e. The summed E-state index contributed by atoms with van der Waals surface area (Å²) in [4.78, 5) is 16.5. The van der Waals surface area contributed by atoms with Crippen LogP contribution in [0, 0.1) is 0 Å². The summed E-state index contributed by atoms with van der Waals surface area (Å²) in [6.45, 7) is 0.466. The normalized spacial score (nSPS) is 15.2. The van der Waals surface area contributed by atoms with Crippen LogP contribution in [0.1, 0.15) is 37.9 Å². The number of fused-ring (bicyclic) bond motifs is 1. The molecular weight excluding hydrogens is 262 g/mol. The van der Waals surface area contributed by atoms with Gasteiger partial charge in [-0.25, -0.2) is 4.98 Å². The van der Waals surface area contributed by atoms with Crippen LogP contribution in [0.4, 0.5) is 0 Å². The molecule has 3 rings (SSSR count). The highest BCUT2D eigenvalue weighted by Crippen LogP contribution is 2.22. The predicted molar refractivity (Wildman–Crippen MR) is 83.7 cm³/mol. The fourth-order valence-corrected chi connectivity index (χ4v) is 2.91. The fourth-order valence-electron chi connectivity index (χ4n) is 2.91. The molecule has 0 saturated heterocycles. The minimum Gasteiger partial charge on any atom is -0.345 e. The molecular formula is C17H21N3O. The van der Waals surface area contributed by atoms with E-state index in [0.29, 0.717) is 6.54 Å². The van der Waals surface area contributed by atoms with Gasteiger partial charge in [0.2, 0.25) is 5.91 Å². The lowest BCUT2D eigenvalue weighted by molar-refractivity contribution is -0.116. The van der Waals surface area contributed by atoms with Gasteiger partial charge in [-0.05, 0) is 37.8 Å². The number of nitrogens with one attached hydrogen (secondary N) is 1. The predicted octanol–water partition coefficient (Wildman–Crippen LogP) is 3.08. The van der Waals surface area contributed by atoms with E-state index in [4.69, 9.17) is 0 Å². The van der Waals surface area contributed by atoms with E-state index in [9.17, 15) is 4.79 Å². The first kappa shape index (κ1) is 13.9. The Morgan fingerprint density at radius 3 is 2.81 bits per heavy atom. The van der Waals surface area contributed by atoms with Crippen molar-refractivity contribution in [3.05, 3.63) is 41.7 Å². The van der Waals surface area contributed by atoms with Crippen LogP contribution in [0.25, 0.3) is 11.0 Å². The standard InChI is InChI=1S/C17H21N3O/c1-20-15-10-6-5-9-14(15)19-16(20)12-18-17(21)11-13-7-3-2-4-8-13/h5-6,9-11H,2-4,7-8,12H2,1H3,(H,18,21). The lowest BCUT2D eigenvalue weighted by Gasteiger charge is -2.13. The first-order chi connectivity index (χ1) is 10.2. The van der Waals surface area contributed by atoms with Gasteiger partial charge in [-0.3, -0.25) is 4.79 Å². The fraction of sp³-hybridized carbons (Fsp3) is 0.412. The highest BCUT2D eigenvalue weighted by Gasteiger charge is 2.10. The van der Waals surface area contributed by atoms with Crippen LogP contribution in [0.3, 0.4) is 0 Å². The molecule has 0 radical (unpaired) electrons. The van der Waals surface area contributed by atoms with E-state index in [0.717, 1.165) is 29.7 Å². The van der Waals surface area contributed by atoms with E-state index < -0.39 is 0 Å². The first-order valence-electron chi connectivity index (χ1n) is 7.61. The molecule has 1 saturated carbocycles. The maximum Gasteiger partial charge on any atom is 0.244 e. The third kappa shape index (κ3) is 3.15. The van der Waals surface area contributed by atoms with Gasteiger partial charge in [0.1, 0.15) is 5.82 Å². The topological polar surface area (TPSA) is 46.9 Å². The molecule has 0 atom stereocenters. The minimum atomic E-state index is -0.000967. The summed E-state index contributed by atoms with van der Waals surface area (Å²) >= 11 is 0.